The van der Waals surface area contributed by atoms with Gasteiger partial charge in [0, 0.05) is 0 Å². The second kappa shape index (κ2) is 4.53. The van der Waals surface area contributed by atoms with Crippen LogP contribution >= 0.6 is 11.3 Å². The average Bonchev–Trinajstić information content (AvgIpc) is 2.49. The van der Waals surface area contributed by atoms with Gasteiger partial charge in [-0.3, -0.25) is 0 Å². The molecule has 1 aromatic heterocycles. The molecule has 0 radical (unpaired) electrons. The summed E-state index contributed by atoms with van der Waals surface area (Å²) in [6.07, 6.45) is 0. The van der Waals surface area contributed by atoms with E-state index in [1.165, 1.54) is 17.4 Å². The maximum Gasteiger partial charge on any atom is 0.145 e. The fraction of sp³-hybridized carbons (Fsp3) is 0.500. The first kappa shape index (κ1) is 12.5. The third-order valence-corrected chi connectivity index (χ3v) is 4.18. The molecule has 0 aliphatic rings. The summed E-state index contributed by atoms with van der Waals surface area (Å²) in [5, 5.41) is 1.66. The molecule has 0 bridgehead atoms. The number of rotatable bonds is 2. The van der Waals surface area contributed by atoms with Crippen LogP contribution in [0.3, 0.4) is 0 Å². The van der Waals surface area contributed by atoms with Crippen molar-refractivity contribution in [3.63, 3.8) is 0 Å². The Hall–Kier alpha value is -0.550. The first-order valence-electron chi connectivity index (χ1n) is 4.53. The van der Waals surface area contributed by atoms with Crippen LogP contribution in [0.15, 0.2) is 15.8 Å². The van der Waals surface area contributed by atoms with Gasteiger partial charge < -0.3 is 0 Å². The summed E-state index contributed by atoms with van der Waals surface area (Å²) < 4.78 is 28.5. The standard InChI is InChI=1S/C10H14FNOS2/c1-7(9-8(11)5-6-14-9)12-15(13)10(2,3)4/h5-6H,1-4H3. The van der Waals surface area contributed by atoms with Crippen LogP contribution in [0.1, 0.15) is 32.6 Å². The van der Waals surface area contributed by atoms with Crippen LogP contribution in [0.25, 0.3) is 0 Å². The molecular weight excluding hydrogens is 233 g/mol. The minimum Gasteiger partial charge on any atom is -0.234 e. The highest BCUT2D eigenvalue weighted by Crippen LogP contribution is 2.18. The molecular formula is C10H14FNOS2. The van der Waals surface area contributed by atoms with Gasteiger partial charge in [0.15, 0.2) is 0 Å². The lowest BCUT2D eigenvalue weighted by Gasteiger charge is -2.13. The quantitative estimate of drug-likeness (QED) is 0.738. The molecule has 2 nitrogen and oxygen atoms in total. The molecule has 1 atom stereocenters. The van der Waals surface area contributed by atoms with Gasteiger partial charge in [0.2, 0.25) is 0 Å². The van der Waals surface area contributed by atoms with E-state index in [1.54, 1.807) is 12.3 Å². The van der Waals surface area contributed by atoms with E-state index >= 15 is 0 Å². The van der Waals surface area contributed by atoms with Crippen molar-refractivity contribution in [3.8, 4) is 0 Å². The molecule has 15 heavy (non-hydrogen) atoms. The zero-order valence-corrected chi connectivity index (χ0v) is 10.8. The summed E-state index contributed by atoms with van der Waals surface area (Å²) in [6, 6.07) is 1.39. The lowest BCUT2D eigenvalue weighted by Crippen LogP contribution is -2.20. The number of nitrogens with zero attached hydrogens (tertiary/aromatic N) is 1. The SMILES string of the molecule is CC(=NS(=O)C(C)(C)C)c1sccc1F. The molecule has 0 aliphatic heterocycles. The molecule has 1 heterocycles. The summed E-state index contributed by atoms with van der Waals surface area (Å²) >= 11 is 1.27. The summed E-state index contributed by atoms with van der Waals surface area (Å²) in [5.74, 6) is -0.299. The van der Waals surface area contributed by atoms with Crippen molar-refractivity contribution in [1.29, 1.82) is 0 Å². The number of hydrogen-bond donors (Lipinski definition) is 0. The molecule has 0 fully saturated rings. The Labute approximate surface area is 95.8 Å². The van der Waals surface area contributed by atoms with E-state index in [2.05, 4.69) is 4.40 Å². The van der Waals surface area contributed by atoms with Gasteiger partial charge in [-0.05, 0) is 39.1 Å². The molecule has 1 rings (SSSR count). The van der Waals surface area contributed by atoms with Gasteiger partial charge in [-0.15, -0.1) is 11.3 Å². The Balaban J connectivity index is 2.96. The van der Waals surface area contributed by atoms with E-state index in [-0.39, 0.29) is 5.82 Å². The van der Waals surface area contributed by atoms with Crippen LogP contribution in [0.4, 0.5) is 4.39 Å². The second-order valence-electron chi connectivity index (χ2n) is 4.14. The van der Waals surface area contributed by atoms with Gasteiger partial charge in [-0.2, -0.15) is 4.40 Å². The number of halogens is 1. The fourth-order valence-electron chi connectivity index (χ4n) is 0.855. The van der Waals surface area contributed by atoms with Gasteiger partial charge >= 0.3 is 0 Å². The highest BCUT2D eigenvalue weighted by molar-refractivity contribution is 7.85. The Morgan fingerprint density at radius 1 is 1.53 bits per heavy atom. The van der Waals surface area contributed by atoms with Gasteiger partial charge in [-0.1, -0.05) is 0 Å². The van der Waals surface area contributed by atoms with Crippen molar-refractivity contribution in [2.45, 2.75) is 32.4 Å². The van der Waals surface area contributed by atoms with E-state index in [0.29, 0.717) is 10.6 Å². The highest BCUT2D eigenvalue weighted by atomic mass is 32.2. The van der Waals surface area contributed by atoms with Crippen LogP contribution in [-0.4, -0.2) is 14.7 Å². The normalized spacial score (nSPS) is 15.4. The Bertz CT molecular complexity index is 404. The van der Waals surface area contributed by atoms with Crippen molar-refractivity contribution >= 4 is 28.0 Å². The molecule has 0 saturated heterocycles. The van der Waals surface area contributed by atoms with E-state index < -0.39 is 15.7 Å². The molecule has 5 heteroatoms. The minimum absolute atomic E-state index is 0.299. The molecule has 84 valence electrons. The van der Waals surface area contributed by atoms with Crippen molar-refractivity contribution in [1.82, 2.24) is 0 Å². The first-order valence-corrected chi connectivity index (χ1v) is 6.51. The average molecular weight is 247 g/mol. The summed E-state index contributed by atoms with van der Waals surface area (Å²) in [5.41, 5.74) is 0.496. The van der Waals surface area contributed by atoms with Crippen LogP contribution in [0.2, 0.25) is 0 Å². The third-order valence-electron chi connectivity index (χ3n) is 1.69. The molecule has 1 unspecified atom stereocenters. The predicted molar refractivity (Wildman–Crippen MR) is 64.4 cm³/mol. The smallest absolute Gasteiger partial charge is 0.145 e. The Morgan fingerprint density at radius 2 is 2.13 bits per heavy atom. The topological polar surface area (TPSA) is 29.4 Å². The Kier molecular flexibility index (Phi) is 3.78. The lowest BCUT2D eigenvalue weighted by molar-refractivity contribution is 0.631. The molecule has 0 saturated carbocycles. The first-order chi connectivity index (χ1) is 6.82. The van der Waals surface area contributed by atoms with Crippen LogP contribution in [0, 0.1) is 5.82 Å². The zero-order valence-electron chi connectivity index (χ0n) is 9.20. The van der Waals surface area contributed by atoms with E-state index in [4.69, 9.17) is 0 Å². The van der Waals surface area contributed by atoms with Gasteiger partial charge in [0.1, 0.15) is 16.8 Å². The number of hydrogen-bond acceptors (Lipinski definition) is 2. The Morgan fingerprint density at radius 3 is 2.53 bits per heavy atom. The van der Waals surface area contributed by atoms with Crippen molar-refractivity contribution < 1.29 is 8.60 Å². The molecule has 0 aliphatic carbocycles. The van der Waals surface area contributed by atoms with Crippen molar-refractivity contribution in [3.05, 3.63) is 22.1 Å². The second-order valence-corrected chi connectivity index (χ2v) is 6.96. The third kappa shape index (κ3) is 3.21. The minimum atomic E-state index is -1.33. The summed E-state index contributed by atoms with van der Waals surface area (Å²) in [6.45, 7) is 7.19. The van der Waals surface area contributed by atoms with Gasteiger partial charge in [0.05, 0.1) is 15.3 Å². The summed E-state index contributed by atoms with van der Waals surface area (Å²) in [4.78, 5) is 0.465. The van der Waals surface area contributed by atoms with E-state index in [9.17, 15) is 8.60 Å². The van der Waals surface area contributed by atoms with Crippen LogP contribution in [-0.2, 0) is 11.0 Å². The predicted octanol–water partition coefficient (Wildman–Crippen LogP) is 3.16. The molecule has 0 aromatic carbocycles. The van der Waals surface area contributed by atoms with Gasteiger partial charge in [-0.25, -0.2) is 8.60 Å². The van der Waals surface area contributed by atoms with Gasteiger partial charge in [0.25, 0.3) is 0 Å². The maximum atomic E-state index is 13.2. The van der Waals surface area contributed by atoms with E-state index in [1.807, 2.05) is 20.8 Å². The summed E-state index contributed by atoms with van der Waals surface area (Å²) in [7, 11) is -1.33. The lowest BCUT2D eigenvalue weighted by atomic mass is 10.3. The van der Waals surface area contributed by atoms with E-state index in [0.717, 1.165) is 0 Å². The molecule has 0 spiro atoms. The van der Waals surface area contributed by atoms with Crippen LogP contribution < -0.4 is 0 Å². The molecule has 0 amide bonds. The van der Waals surface area contributed by atoms with Crippen molar-refractivity contribution in [2.75, 3.05) is 0 Å². The largest absolute Gasteiger partial charge is 0.234 e. The maximum absolute atomic E-state index is 13.2. The zero-order chi connectivity index (χ0) is 11.6. The molecule has 0 N–H and O–H groups in total. The fourth-order valence-corrected chi connectivity index (χ4v) is 2.25. The number of thiophene rings is 1. The highest BCUT2D eigenvalue weighted by Gasteiger charge is 2.20. The monoisotopic (exact) mass is 247 g/mol. The molecule has 1 aromatic rings. The van der Waals surface area contributed by atoms with Crippen molar-refractivity contribution in [2.24, 2.45) is 4.40 Å². The van der Waals surface area contributed by atoms with Crippen LogP contribution in [0.5, 0.6) is 0 Å².